The molecule has 0 saturated carbocycles. The third-order valence-corrected chi connectivity index (χ3v) is 2.43. The van der Waals surface area contributed by atoms with Gasteiger partial charge in [-0.3, -0.25) is 4.79 Å². The molecule has 0 fully saturated rings. The fraction of sp³-hybridized carbons (Fsp3) is 0.176. The molecule has 21 heavy (non-hydrogen) atoms. The average Bonchev–Trinajstić information content (AvgIpc) is 2.69. The van der Waals surface area contributed by atoms with E-state index in [1.54, 1.807) is 37.3 Å². The van der Waals surface area contributed by atoms with Crippen molar-refractivity contribution in [3.8, 4) is 11.8 Å². The Labute approximate surface area is 125 Å². The van der Waals surface area contributed by atoms with Gasteiger partial charge in [0.15, 0.2) is 0 Å². The van der Waals surface area contributed by atoms with Crippen LogP contribution >= 0.6 is 0 Å². The number of carbonyl (C=O) groups is 1. The number of ether oxygens (including phenoxy) is 1. The maximum atomic E-state index is 11.7. The highest BCUT2D eigenvalue weighted by atomic mass is 16.5. The molecule has 1 rings (SSSR count). The maximum Gasteiger partial charge on any atom is 0.316 e. The molecule has 1 unspecified atom stereocenters. The van der Waals surface area contributed by atoms with Gasteiger partial charge in [-0.2, -0.15) is 0 Å². The molecule has 4 nitrogen and oxygen atoms in total. The van der Waals surface area contributed by atoms with Gasteiger partial charge in [0.25, 0.3) is 0 Å². The lowest BCUT2D eigenvalue weighted by Gasteiger charge is -2.05. The van der Waals surface area contributed by atoms with Gasteiger partial charge in [0.2, 0.25) is 0 Å². The molecule has 0 aliphatic heterocycles. The van der Waals surface area contributed by atoms with E-state index < -0.39 is 5.92 Å². The number of hydrogen-bond donors (Lipinski definition) is 1. The Morgan fingerprint density at radius 2 is 2.33 bits per heavy atom. The van der Waals surface area contributed by atoms with Crippen LogP contribution in [-0.2, 0) is 9.53 Å². The third kappa shape index (κ3) is 5.79. The standard InChI is InChI=1S/C17H18N2O2/c1-4-16(19-13(3)18)12-10-14-7-6-8-15(11-9-14)17(20)21-5-2/h4,6-9,11,15H,1,3,5,18H2,2H3/b19-16+. The van der Waals surface area contributed by atoms with Crippen LogP contribution in [0.1, 0.15) is 6.92 Å². The van der Waals surface area contributed by atoms with E-state index in [9.17, 15) is 4.79 Å². The first-order chi connectivity index (χ1) is 10.1. The fourth-order valence-electron chi connectivity index (χ4n) is 1.50. The summed E-state index contributed by atoms with van der Waals surface area (Å²) in [6.45, 7) is 9.23. The Morgan fingerprint density at radius 3 is 2.95 bits per heavy atom. The highest BCUT2D eigenvalue weighted by molar-refractivity contribution is 6.09. The van der Waals surface area contributed by atoms with Gasteiger partial charge in [-0.05, 0) is 31.1 Å². The third-order valence-electron chi connectivity index (χ3n) is 2.43. The van der Waals surface area contributed by atoms with E-state index in [-0.39, 0.29) is 11.8 Å². The minimum Gasteiger partial charge on any atom is -0.465 e. The van der Waals surface area contributed by atoms with Crippen LogP contribution in [-0.4, -0.2) is 18.3 Å². The van der Waals surface area contributed by atoms with Crippen LogP contribution in [0.5, 0.6) is 0 Å². The van der Waals surface area contributed by atoms with Crippen molar-refractivity contribution in [1.82, 2.24) is 0 Å². The summed E-state index contributed by atoms with van der Waals surface area (Å²) in [6, 6.07) is 0. The van der Waals surface area contributed by atoms with Gasteiger partial charge in [0, 0.05) is 5.57 Å². The SMILES string of the molecule is C=C/C(C#CC1=CC=CC(C(=O)OCC)C=C1)=N\C(=C)N. The second-order valence-electron chi connectivity index (χ2n) is 4.09. The van der Waals surface area contributed by atoms with Gasteiger partial charge < -0.3 is 10.5 Å². The molecule has 0 spiro atoms. The Kier molecular flexibility index (Phi) is 6.49. The molecule has 4 heteroatoms. The molecule has 1 atom stereocenters. The molecule has 0 bridgehead atoms. The number of rotatable bonds is 4. The lowest BCUT2D eigenvalue weighted by molar-refractivity contribution is -0.144. The van der Waals surface area contributed by atoms with E-state index in [0.717, 1.165) is 5.57 Å². The molecule has 0 aromatic rings. The number of esters is 1. The van der Waals surface area contributed by atoms with Crippen LogP contribution in [0.25, 0.3) is 0 Å². The second kappa shape index (κ2) is 8.39. The fourth-order valence-corrected chi connectivity index (χ4v) is 1.50. The summed E-state index contributed by atoms with van der Waals surface area (Å²) in [5.74, 6) is 5.27. The minimum atomic E-state index is -0.392. The molecule has 0 amide bonds. The van der Waals surface area contributed by atoms with Crippen LogP contribution in [0.15, 0.2) is 66.0 Å². The van der Waals surface area contributed by atoms with Crippen molar-refractivity contribution in [1.29, 1.82) is 0 Å². The molecule has 0 saturated heterocycles. The Morgan fingerprint density at radius 1 is 1.57 bits per heavy atom. The first-order valence-corrected chi connectivity index (χ1v) is 6.47. The highest BCUT2D eigenvalue weighted by Gasteiger charge is 2.13. The Bertz CT molecular complexity index is 610. The minimum absolute atomic E-state index is 0.173. The van der Waals surface area contributed by atoms with Crippen LogP contribution in [0.4, 0.5) is 0 Å². The van der Waals surface area contributed by atoms with Crippen LogP contribution in [0, 0.1) is 17.8 Å². The van der Waals surface area contributed by atoms with Crippen molar-refractivity contribution in [2.24, 2.45) is 16.6 Å². The Hall–Kier alpha value is -2.80. The lowest BCUT2D eigenvalue weighted by atomic mass is 10.1. The summed E-state index contributed by atoms with van der Waals surface area (Å²) < 4.78 is 4.97. The van der Waals surface area contributed by atoms with Gasteiger partial charge in [-0.1, -0.05) is 37.3 Å². The maximum absolute atomic E-state index is 11.7. The molecule has 0 heterocycles. The summed E-state index contributed by atoms with van der Waals surface area (Å²) in [7, 11) is 0. The molecule has 1 aliphatic rings. The van der Waals surface area contributed by atoms with Crippen molar-refractivity contribution in [2.75, 3.05) is 6.61 Å². The smallest absolute Gasteiger partial charge is 0.316 e. The van der Waals surface area contributed by atoms with Crippen molar-refractivity contribution >= 4 is 11.7 Å². The Balaban J connectivity index is 2.85. The molecule has 2 N–H and O–H groups in total. The van der Waals surface area contributed by atoms with Crippen LogP contribution < -0.4 is 5.73 Å². The van der Waals surface area contributed by atoms with Gasteiger partial charge in [-0.15, -0.1) is 0 Å². The monoisotopic (exact) mass is 282 g/mol. The normalized spacial score (nSPS) is 17.1. The zero-order chi connectivity index (χ0) is 15.7. The number of nitrogens with zero attached hydrogens (tertiary/aromatic N) is 1. The van der Waals surface area contributed by atoms with Gasteiger partial charge >= 0.3 is 5.97 Å². The zero-order valence-electron chi connectivity index (χ0n) is 12.0. The second-order valence-corrected chi connectivity index (χ2v) is 4.09. The van der Waals surface area contributed by atoms with E-state index in [1.807, 2.05) is 0 Å². The molecule has 0 aromatic heterocycles. The molecule has 1 aliphatic carbocycles. The largest absolute Gasteiger partial charge is 0.465 e. The van der Waals surface area contributed by atoms with Crippen LogP contribution in [0.3, 0.4) is 0 Å². The molecule has 108 valence electrons. The predicted octanol–water partition coefficient (Wildman–Crippen LogP) is 2.28. The van der Waals surface area contributed by atoms with Gasteiger partial charge in [0.05, 0.1) is 12.5 Å². The van der Waals surface area contributed by atoms with Gasteiger partial charge in [0.1, 0.15) is 11.5 Å². The van der Waals surface area contributed by atoms with E-state index in [2.05, 4.69) is 30.0 Å². The van der Waals surface area contributed by atoms with E-state index >= 15 is 0 Å². The first kappa shape index (κ1) is 16.3. The quantitative estimate of drug-likeness (QED) is 0.489. The molecular weight excluding hydrogens is 264 g/mol. The summed E-state index contributed by atoms with van der Waals surface area (Å²) in [4.78, 5) is 15.6. The summed E-state index contributed by atoms with van der Waals surface area (Å²) in [5.41, 5.74) is 6.58. The molecular formula is C17H18N2O2. The number of carbonyl (C=O) groups excluding carboxylic acids is 1. The number of allylic oxidation sites excluding steroid dienone is 5. The van der Waals surface area contributed by atoms with E-state index in [0.29, 0.717) is 12.3 Å². The molecule has 0 aromatic carbocycles. The van der Waals surface area contributed by atoms with Crippen molar-refractivity contribution in [3.05, 3.63) is 61.0 Å². The van der Waals surface area contributed by atoms with Gasteiger partial charge in [-0.25, -0.2) is 4.99 Å². The number of nitrogens with two attached hydrogens (primary N) is 1. The first-order valence-electron chi connectivity index (χ1n) is 6.47. The van der Waals surface area contributed by atoms with Crippen molar-refractivity contribution in [3.63, 3.8) is 0 Å². The summed E-state index contributed by atoms with van der Waals surface area (Å²) >= 11 is 0. The highest BCUT2D eigenvalue weighted by Crippen LogP contribution is 2.11. The summed E-state index contributed by atoms with van der Waals surface area (Å²) in [6.07, 6.45) is 10.4. The molecule has 0 radical (unpaired) electrons. The number of hydrogen-bond acceptors (Lipinski definition) is 4. The van der Waals surface area contributed by atoms with E-state index in [4.69, 9.17) is 10.5 Å². The van der Waals surface area contributed by atoms with Crippen LogP contribution in [0.2, 0.25) is 0 Å². The zero-order valence-corrected chi connectivity index (χ0v) is 12.0. The lowest BCUT2D eigenvalue weighted by Crippen LogP contribution is -2.13. The van der Waals surface area contributed by atoms with Crippen molar-refractivity contribution < 1.29 is 9.53 Å². The number of aliphatic imine (C=N–C) groups is 1. The van der Waals surface area contributed by atoms with E-state index in [1.165, 1.54) is 6.08 Å². The summed E-state index contributed by atoms with van der Waals surface area (Å²) in [5, 5.41) is 0. The average molecular weight is 282 g/mol. The van der Waals surface area contributed by atoms with Crippen molar-refractivity contribution in [2.45, 2.75) is 6.92 Å². The predicted molar refractivity (Wildman–Crippen MR) is 85.2 cm³/mol. The topological polar surface area (TPSA) is 64.7 Å².